The van der Waals surface area contributed by atoms with Crippen LogP contribution >= 0.6 is 0 Å². The first-order valence-electron chi connectivity index (χ1n) is 6.37. The molecule has 2 rings (SSSR count). The van der Waals surface area contributed by atoms with Crippen LogP contribution in [0.25, 0.3) is 16.8 Å². The van der Waals surface area contributed by atoms with Crippen molar-refractivity contribution in [2.24, 2.45) is 0 Å². The molecular weight excluding hydrogens is 300 g/mol. The van der Waals surface area contributed by atoms with Crippen molar-refractivity contribution in [1.82, 2.24) is 0 Å². The van der Waals surface area contributed by atoms with Crippen molar-refractivity contribution in [3.8, 4) is 5.75 Å². The van der Waals surface area contributed by atoms with E-state index in [1.165, 1.54) is 18.2 Å². The lowest BCUT2D eigenvalue weighted by molar-refractivity contribution is -0.148. The van der Waals surface area contributed by atoms with Gasteiger partial charge >= 0.3 is 12.3 Å². The first kappa shape index (κ1) is 16.0. The van der Waals surface area contributed by atoms with Gasteiger partial charge in [0, 0.05) is 0 Å². The minimum atomic E-state index is -4.18. The maximum absolute atomic E-state index is 12.8. The first-order chi connectivity index (χ1) is 10.4. The van der Waals surface area contributed by atoms with Crippen LogP contribution in [0.1, 0.15) is 5.56 Å². The average Bonchev–Trinajstić information content (AvgIpc) is 2.50. The smallest absolute Gasteiger partial charge is 0.340 e. The monoisotopic (exact) mass is 312 g/mol. The zero-order chi connectivity index (χ0) is 16.2. The zero-order valence-corrected chi connectivity index (χ0v) is 11.3. The molecule has 0 fully saturated rings. The van der Waals surface area contributed by atoms with E-state index in [0.29, 0.717) is 11.7 Å². The largest absolute Gasteiger partial charge is 0.487 e. The van der Waals surface area contributed by atoms with Crippen LogP contribution in [0, 0.1) is 0 Å². The normalized spacial score (nSPS) is 12.2. The van der Waals surface area contributed by atoms with E-state index >= 15 is 0 Å². The fourth-order valence-corrected chi connectivity index (χ4v) is 1.83. The maximum Gasteiger partial charge on any atom is 0.340 e. The highest BCUT2D eigenvalue weighted by Crippen LogP contribution is 2.26. The third-order valence-corrected chi connectivity index (χ3v) is 2.95. The Labute approximate surface area is 124 Å². The van der Waals surface area contributed by atoms with Gasteiger partial charge in [-0.25, -0.2) is 8.78 Å². The van der Waals surface area contributed by atoms with Gasteiger partial charge in [0.2, 0.25) is 0 Å². The predicted octanol–water partition coefficient (Wildman–Crippen LogP) is 4.33. The number of aldehydes is 1. The van der Waals surface area contributed by atoms with Crippen LogP contribution in [-0.4, -0.2) is 25.2 Å². The molecule has 0 radical (unpaired) electrons. The molecule has 0 saturated carbocycles. The van der Waals surface area contributed by atoms with Gasteiger partial charge in [-0.2, -0.15) is 8.78 Å². The molecule has 0 heterocycles. The summed E-state index contributed by atoms with van der Waals surface area (Å²) in [4.78, 5) is 10.3. The number of fused-ring (bicyclic) bond motifs is 1. The van der Waals surface area contributed by atoms with Crippen molar-refractivity contribution in [2.75, 3.05) is 6.61 Å². The lowest BCUT2D eigenvalue weighted by atomic mass is 10.1. The van der Waals surface area contributed by atoms with Crippen molar-refractivity contribution in [3.05, 3.63) is 48.0 Å². The van der Waals surface area contributed by atoms with Gasteiger partial charge < -0.3 is 4.74 Å². The number of hydrogen-bond donors (Lipinski definition) is 0. The Hall–Kier alpha value is -2.37. The van der Waals surface area contributed by atoms with Gasteiger partial charge in [0.25, 0.3) is 0 Å². The number of allylic oxidation sites excluding steroid dienone is 1. The van der Waals surface area contributed by atoms with Crippen molar-refractivity contribution in [2.45, 2.75) is 12.3 Å². The van der Waals surface area contributed by atoms with Gasteiger partial charge in [-0.3, -0.25) is 4.79 Å². The molecule has 0 aliphatic heterocycles. The van der Waals surface area contributed by atoms with E-state index in [1.54, 1.807) is 30.3 Å². The highest BCUT2D eigenvalue weighted by atomic mass is 19.3. The minimum absolute atomic E-state index is 0.0870. The second kappa shape index (κ2) is 6.60. The molecule has 0 aromatic heterocycles. The van der Waals surface area contributed by atoms with E-state index in [-0.39, 0.29) is 5.75 Å². The molecule has 116 valence electrons. The van der Waals surface area contributed by atoms with Crippen molar-refractivity contribution in [1.29, 1.82) is 0 Å². The number of carbonyl (C=O) groups excluding carboxylic acids is 1. The number of halogens is 4. The summed E-state index contributed by atoms with van der Waals surface area (Å²) < 4.78 is 54.5. The highest BCUT2D eigenvalue weighted by Gasteiger charge is 2.41. The standard InChI is InChI=1S/C16H12F4O2/c17-15(18)16(19,20)10-22-14-6-5-12-8-11(2-1-7-21)3-4-13(12)9-14/h1-9,15H,10H2/b2-1+. The van der Waals surface area contributed by atoms with Crippen LogP contribution in [-0.2, 0) is 4.79 Å². The first-order valence-corrected chi connectivity index (χ1v) is 6.37. The molecule has 0 spiro atoms. The number of rotatable bonds is 6. The Morgan fingerprint density at radius 2 is 1.77 bits per heavy atom. The van der Waals surface area contributed by atoms with Crippen LogP contribution in [0.5, 0.6) is 5.75 Å². The summed E-state index contributed by atoms with van der Waals surface area (Å²) in [5, 5.41) is 1.52. The molecule has 0 N–H and O–H groups in total. The third kappa shape index (κ3) is 3.84. The molecular formula is C16H12F4O2. The van der Waals surface area contributed by atoms with E-state index in [2.05, 4.69) is 0 Å². The second-order valence-electron chi connectivity index (χ2n) is 4.61. The maximum atomic E-state index is 12.8. The number of benzene rings is 2. The van der Waals surface area contributed by atoms with Crippen LogP contribution < -0.4 is 4.74 Å². The Bertz CT molecular complexity index is 696. The summed E-state index contributed by atoms with van der Waals surface area (Å²) in [7, 11) is 0. The molecule has 0 unspecified atom stereocenters. The molecule has 2 aromatic rings. The Morgan fingerprint density at radius 3 is 2.45 bits per heavy atom. The predicted molar refractivity (Wildman–Crippen MR) is 75.5 cm³/mol. The highest BCUT2D eigenvalue weighted by molar-refractivity contribution is 5.87. The van der Waals surface area contributed by atoms with Gasteiger partial charge in [0.05, 0.1) is 0 Å². The van der Waals surface area contributed by atoms with Crippen LogP contribution in [0.2, 0.25) is 0 Å². The summed E-state index contributed by atoms with van der Waals surface area (Å²) >= 11 is 0. The van der Waals surface area contributed by atoms with E-state index in [4.69, 9.17) is 4.74 Å². The summed E-state index contributed by atoms with van der Waals surface area (Å²) in [6.45, 7) is -1.38. The number of alkyl halides is 4. The van der Waals surface area contributed by atoms with Gasteiger partial charge in [-0.05, 0) is 40.6 Å². The summed E-state index contributed by atoms with van der Waals surface area (Å²) in [6.07, 6.45) is -0.129. The van der Waals surface area contributed by atoms with Gasteiger partial charge in [0.1, 0.15) is 12.0 Å². The Morgan fingerprint density at radius 1 is 1.09 bits per heavy atom. The minimum Gasteiger partial charge on any atom is -0.487 e. The average molecular weight is 312 g/mol. The molecule has 0 saturated heterocycles. The van der Waals surface area contributed by atoms with Gasteiger partial charge in [-0.15, -0.1) is 0 Å². The van der Waals surface area contributed by atoms with Gasteiger partial charge in [-0.1, -0.05) is 24.3 Å². The molecule has 0 atom stereocenters. The van der Waals surface area contributed by atoms with Crippen molar-refractivity contribution in [3.63, 3.8) is 0 Å². The van der Waals surface area contributed by atoms with E-state index in [1.807, 2.05) is 0 Å². The summed E-state index contributed by atoms with van der Waals surface area (Å²) in [5.74, 6) is -4.10. The van der Waals surface area contributed by atoms with Crippen LogP contribution in [0.3, 0.4) is 0 Å². The summed E-state index contributed by atoms with van der Waals surface area (Å²) in [6, 6.07) is 9.80. The van der Waals surface area contributed by atoms with E-state index in [9.17, 15) is 22.4 Å². The Kier molecular flexibility index (Phi) is 4.80. The number of ether oxygens (including phenoxy) is 1. The van der Waals surface area contributed by atoms with E-state index < -0.39 is 19.0 Å². The molecule has 0 amide bonds. The van der Waals surface area contributed by atoms with Gasteiger partial charge in [0.15, 0.2) is 6.61 Å². The Balaban J connectivity index is 2.17. The third-order valence-electron chi connectivity index (χ3n) is 2.95. The topological polar surface area (TPSA) is 26.3 Å². The molecule has 0 bridgehead atoms. The molecule has 22 heavy (non-hydrogen) atoms. The summed E-state index contributed by atoms with van der Waals surface area (Å²) in [5.41, 5.74) is 0.803. The molecule has 0 aliphatic carbocycles. The fraction of sp³-hybridized carbons (Fsp3) is 0.188. The second-order valence-corrected chi connectivity index (χ2v) is 4.61. The molecule has 2 aromatic carbocycles. The van der Waals surface area contributed by atoms with E-state index in [0.717, 1.165) is 10.9 Å². The fourth-order valence-electron chi connectivity index (χ4n) is 1.83. The molecule has 2 nitrogen and oxygen atoms in total. The zero-order valence-electron chi connectivity index (χ0n) is 11.3. The van der Waals surface area contributed by atoms with Crippen molar-refractivity contribution >= 4 is 23.1 Å². The lowest BCUT2D eigenvalue weighted by Gasteiger charge is -2.16. The molecule has 6 heteroatoms. The SMILES string of the molecule is O=C/C=C/c1ccc2cc(OCC(F)(F)C(F)F)ccc2c1. The van der Waals surface area contributed by atoms with Crippen molar-refractivity contribution < 1.29 is 27.1 Å². The molecule has 0 aliphatic rings. The number of hydrogen-bond acceptors (Lipinski definition) is 2. The lowest BCUT2D eigenvalue weighted by Crippen LogP contribution is -2.33. The van der Waals surface area contributed by atoms with Crippen LogP contribution in [0.15, 0.2) is 42.5 Å². The van der Waals surface area contributed by atoms with Crippen LogP contribution in [0.4, 0.5) is 17.6 Å². The number of carbonyl (C=O) groups is 1. The quantitative estimate of drug-likeness (QED) is 0.451.